The van der Waals surface area contributed by atoms with Gasteiger partial charge in [0.15, 0.2) is 0 Å². The van der Waals surface area contributed by atoms with Gasteiger partial charge in [-0.2, -0.15) is 4.39 Å². The minimum absolute atomic E-state index is 0.0555. The number of benzene rings is 1. The van der Waals surface area contributed by atoms with Crippen molar-refractivity contribution in [3.05, 3.63) is 38.1 Å². The first kappa shape index (κ1) is 9.79. The van der Waals surface area contributed by atoms with Crippen LogP contribution >= 0.6 is 15.9 Å². The lowest BCUT2D eigenvalue weighted by molar-refractivity contribution is -0.387. The van der Waals surface area contributed by atoms with Gasteiger partial charge in [-0.15, -0.1) is 0 Å². The summed E-state index contributed by atoms with van der Waals surface area (Å²) in [6.07, 6.45) is 0.414. The van der Waals surface area contributed by atoms with Gasteiger partial charge in [-0.25, -0.2) is 0 Å². The molecule has 0 fully saturated rings. The van der Waals surface area contributed by atoms with E-state index in [0.717, 1.165) is 6.07 Å². The van der Waals surface area contributed by atoms with Crippen molar-refractivity contribution < 1.29 is 14.1 Å². The zero-order valence-electron chi connectivity index (χ0n) is 6.16. The van der Waals surface area contributed by atoms with E-state index < -0.39 is 16.4 Å². The van der Waals surface area contributed by atoms with Gasteiger partial charge in [-0.05, 0) is 22.0 Å². The summed E-state index contributed by atoms with van der Waals surface area (Å²) in [6, 6.07) is 2.06. The molecule has 0 amide bonds. The fourth-order valence-electron chi connectivity index (χ4n) is 0.796. The van der Waals surface area contributed by atoms with Crippen LogP contribution in [0.25, 0.3) is 0 Å². The first-order valence-electron chi connectivity index (χ1n) is 3.15. The lowest BCUT2D eigenvalue weighted by Gasteiger charge is -1.97. The topological polar surface area (TPSA) is 60.2 Å². The molecule has 4 nitrogen and oxygen atoms in total. The number of aldehydes is 1. The Morgan fingerprint density at radius 2 is 2.15 bits per heavy atom. The summed E-state index contributed by atoms with van der Waals surface area (Å²) in [6.45, 7) is 0. The molecule has 0 radical (unpaired) electrons. The number of halogens is 2. The summed E-state index contributed by atoms with van der Waals surface area (Å²) in [5.74, 6) is -0.976. The van der Waals surface area contributed by atoms with Crippen molar-refractivity contribution in [2.45, 2.75) is 0 Å². The standard InChI is InChI=1S/C7H3BrFNO3/c8-5-1-4(3-11)2-6(7(5)9)10(12)13/h1-3H. The van der Waals surface area contributed by atoms with Crippen LogP contribution < -0.4 is 0 Å². The molecule has 0 aromatic heterocycles. The van der Waals surface area contributed by atoms with Gasteiger partial charge in [0.25, 0.3) is 0 Å². The Morgan fingerprint density at radius 3 is 2.62 bits per heavy atom. The Kier molecular flexibility index (Phi) is 2.72. The smallest absolute Gasteiger partial charge is 0.298 e. The third-order valence-corrected chi connectivity index (χ3v) is 1.94. The molecule has 68 valence electrons. The highest BCUT2D eigenvalue weighted by molar-refractivity contribution is 9.10. The van der Waals surface area contributed by atoms with Gasteiger partial charge in [-0.1, -0.05) is 0 Å². The van der Waals surface area contributed by atoms with Crippen molar-refractivity contribution >= 4 is 27.9 Å². The molecular formula is C7H3BrFNO3. The second-order valence-corrected chi connectivity index (χ2v) is 3.07. The van der Waals surface area contributed by atoms with Crippen molar-refractivity contribution in [2.75, 3.05) is 0 Å². The molecular weight excluding hydrogens is 245 g/mol. The second kappa shape index (κ2) is 3.61. The van der Waals surface area contributed by atoms with Crippen LogP contribution in [0, 0.1) is 15.9 Å². The van der Waals surface area contributed by atoms with Crippen LogP contribution in [-0.4, -0.2) is 11.2 Å². The Bertz CT molecular complexity index is 380. The van der Waals surface area contributed by atoms with E-state index in [2.05, 4.69) is 15.9 Å². The first-order valence-corrected chi connectivity index (χ1v) is 3.94. The van der Waals surface area contributed by atoms with Crippen LogP contribution in [0.1, 0.15) is 10.4 Å². The molecule has 0 atom stereocenters. The first-order chi connectivity index (χ1) is 6.06. The van der Waals surface area contributed by atoms with E-state index in [1.54, 1.807) is 0 Å². The molecule has 1 aromatic rings. The number of nitro groups is 1. The number of carbonyl (C=O) groups is 1. The van der Waals surface area contributed by atoms with Crippen molar-refractivity contribution in [1.29, 1.82) is 0 Å². The van der Waals surface area contributed by atoms with E-state index in [0.29, 0.717) is 6.29 Å². The molecule has 0 saturated heterocycles. The van der Waals surface area contributed by atoms with Gasteiger partial charge in [0, 0.05) is 11.6 Å². The van der Waals surface area contributed by atoms with E-state index >= 15 is 0 Å². The normalized spacial score (nSPS) is 9.69. The molecule has 0 saturated carbocycles. The maximum absolute atomic E-state index is 13.0. The van der Waals surface area contributed by atoms with Crippen LogP contribution in [-0.2, 0) is 0 Å². The molecule has 13 heavy (non-hydrogen) atoms. The van der Waals surface area contributed by atoms with E-state index in [-0.39, 0.29) is 10.0 Å². The predicted octanol–water partition coefficient (Wildman–Crippen LogP) is 2.31. The number of hydrogen-bond acceptors (Lipinski definition) is 3. The zero-order valence-corrected chi connectivity index (χ0v) is 7.75. The summed E-state index contributed by atoms with van der Waals surface area (Å²) in [5.41, 5.74) is -0.656. The van der Waals surface area contributed by atoms with E-state index in [1.807, 2.05) is 0 Å². The van der Waals surface area contributed by atoms with Crippen LogP contribution in [0.3, 0.4) is 0 Å². The number of hydrogen-bond donors (Lipinski definition) is 0. The van der Waals surface area contributed by atoms with Gasteiger partial charge in [0.1, 0.15) is 6.29 Å². The molecule has 0 aliphatic carbocycles. The zero-order chi connectivity index (χ0) is 10.0. The quantitative estimate of drug-likeness (QED) is 0.458. The monoisotopic (exact) mass is 247 g/mol. The van der Waals surface area contributed by atoms with Crippen molar-refractivity contribution in [3.8, 4) is 0 Å². The van der Waals surface area contributed by atoms with Gasteiger partial charge < -0.3 is 0 Å². The molecule has 0 unspecified atom stereocenters. The Balaban J connectivity index is 3.41. The highest BCUT2D eigenvalue weighted by Gasteiger charge is 2.18. The average Bonchev–Trinajstić information content (AvgIpc) is 2.09. The Hall–Kier alpha value is -1.30. The van der Waals surface area contributed by atoms with E-state index in [9.17, 15) is 19.3 Å². The second-order valence-electron chi connectivity index (χ2n) is 2.21. The molecule has 6 heteroatoms. The van der Waals surface area contributed by atoms with E-state index in [4.69, 9.17) is 0 Å². The third kappa shape index (κ3) is 1.89. The van der Waals surface area contributed by atoms with Crippen LogP contribution in [0.5, 0.6) is 0 Å². The maximum atomic E-state index is 13.0. The fraction of sp³-hybridized carbons (Fsp3) is 0. The van der Waals surface area contributed by atoms with Gasteiger partial charge in [-0.3, -0.25) is 14.9 Å². The van der Waals surface area contributed by atoms with Gasteiger partial charge in [0.05, 0.1) is 9.40 Å². The van der Waals surface area contributed by atoms with Crippen molar-refractivity contribution in [3.63, 3.8) is 0 Å². The highest BCUT2D eigenvalue weighted by Crippen LogP contribution is 2.26. The molecule has 1 rings (SSSR count). The lowest BCUT2D eigenvalue weighted by Crippen LogP contribution is -1.95. The number of nitro benzene ring substituents is 1. The van der Waals surface area contributed by atoms with Crippen LogP contribution in [0.2, 0.25) is 0 Å². The van der Waals surface area contributed by atoms with Gasteiger partial charge in [0.2, 0.25) is 5.82 Å². The maximum Gasteiger partial charge on any atom is 0.306 e. The summed E-state index contributed by atoms with van der Waals surface area (Å²) in [5, 5.41) is 10.3. The van der Waals surface area contributed by atoms with E-state index in [1.165, 1.54) is 6.07 Å². The largest absolute Gasteiger partial charge is 0.306 e. The molecule has 0 heterocycles. The summed E-state index contributed by atoms with van der Waals surface area (Å²) >= 11 is 2.77. The molecule has 0 aliphatic heterocycles. The highest BCUT2D eigenvalue weighted by atomic mass is 79.9. The Morgan fingerprint density at radius 1 is 1.54 bits per heavy atom. The van der Waals surface area contributed by atoms with Crippen LogP contribution in [0.4, 0.5) is 10.1 Å². The Labute approximate surface area is 80.6 Å². The number of rotatable bonds is 2. The third-order valence-electron chi connectivity index (χ3n) is 1.36. The minimum Gasteiger partial charge on any atom is -0.298 e. The molecule has 0 spiro atoms. The lowest BCUT2D eigenvalue weighted by atomic mass is 10.2. The van der Waals surface area contributed by atoms with Crippen molar-refractivity contribution in [1.82, 2.24) is 0 Å². The van der Waals surface area contributed by atoms with Crippen molar-refractivity contribution in [2.24, 2.45) is 0 Å². The minimum atomic E-state index is -0.976. The molecule has 0 bridgehead atoms. The molecule has 0 aliphatic rings. The SMILES string of the molecule is O=Cc1cc(Br)c(F)c([N+](=O)[O-])c1. The fourth-order valence-corrected chi connectivity index (χ4v) is 1.26. The summed E-state index contributed by atoms with van der Waals surface area (Å²) < 4.78 is 12.9. The molecule has 1 aromatic carbocycles. The summed E-state index contributed by atoms with van der Waals surface area (Å²) in [4.78, 5) is 19.7. The van der Waals surface area contributed by atoms with Gasteiger partial charge >= 0.3 is 5.69 Å². The average molecular weight is 248 g/mol. The predicted molar refractivity (Wildman–Crippen MR) is 46.1 cm³/mol. The van der Waals surface area contributed by atoms with Crippen LogP contribution in [0.15, 0.2) is 16.6 Å². The number of carbonyl (C=O) groups excluding carboxylic acids is 1. The summed E-state index contributed by atoms with van der Waals surface area (Å²) in [7, 11) is 0. The number of nitrogens with zero attached hydrogens (tertiary/aromatic N) is 1. The molecule has 0 N–H and O–H groups in total.